The average molecular weight is 242 g/mol. The van der Waals surface area contributed by atoms with Crippen molar-refractivity contribution in [1.82, 2.24) is 0 Å². The summed E-state index contributed by atoms with van der Waals surface area (Å²) >= 11 is 0. The van der Waals surface area contributed by atoms with Crippen molar-refractivity contribution in [3.63, 3.8) is 0 Å². The minimum absolute atomic E-state index is 0.224. The van der Waals surface area contributed by atoms with Gasteiger partial charge in [0.25, 0.3) is 0 Å². The monoisotopic (exact) mass is 242 g/mol. The average Bonchev–Trinajstić information content (AvgIpc) is 2.38. The van der Waals surface area contributed by atoms with Crippen molar-refractivity contribution in [3.8, 4) is 0 Å². The highest BCUT2D eigenvalue weighted by atomic mass is 14.7. The van der Waals surface area contributed by atoms with Gasteiger partial charge in [-0.25, -0.2) is 0 Å². The molecule has 0 aliphatic carbocycles. The molecule has 0 spiro atoms. The van der Waals surface area contributed by atoms with Crippen LogP contribution >= 0.6 is 0 Å². The van der Waals surface area contributed by atoms with Crippen LogP contribution in [0, 0.1) is 5.41 Å². The fourth-order valence-electron chi connectivity index (χ4n) is 2.39. The first-order valence-corrected chi connectivity index (χ1v) is 7.64. The summed E-state index contributed by atoms with van der Waals surface area (Å²) in [6.45, 7) is 5.97. The molecule has 0 atom stereocenters. The lowest BCUT2D eigenvalue weighted by Crippen LogP contribution is -2.37. The van der Waals surface area contributed by atoms with Crippen LogP contribution in [0.25, 0.3) is 0 Å². The summed E-state index contributed by atoms with van der Waals surface area (Å²) in [4.78, 5) is 0. The van der Waals surface area contributed by atoms with Gasteiger partial charge < -0.3 is 11.5 Å². The molecule has 0 aromatic heterocycles. The van der Waals surface area contributed by atoms with Gasteiger partial charge in [-0.2, -0.15) is 0 Å². The molecule has 0 rings (SSSR count). The van der Waals surface area contributed by atoms with E-state index in [2.05, 4.69) is 13.8 Å². The van der Waals surface area contributed by atoms with Gasteiger partial charge in [-0.15, -0.1) is 0 Å². The Morgan fingerprint density at radius 2 is 1.18 bits per heavy atom. The molecule has 0 aliphatic rings. The molecule has 17 heavy (non-hydrogen) atoms. The smallest absolute Gasteiger partial charge is 0.000854 e. The fraction of sp³-hybridized carbons (Fsp3) is 1.00. The van der Waals surface area contributed by atoms with Crippen LogP contribution in [-0.4, -0.2) is 13.1 Å². The Morgan fingerprint density at radius 1 is 0.706 bits per heavy atom. The zero-order chi connectivity index (χ0) is 13.0. The third kappa shape index (κ3) is 7.77. The molecular weight excluding hydrogens is 208 g/mol. The van der Waals surface area contributed by atoms with E-state index < -0.39 is 0 Å². The molecular formula is C15H34N2. The highest BCUT2D eigenvalue weighted by Crippen LogP contribution is 2.26. The second kappa shape index (κ2) is 11.0. The van der Waals surface area contributed by atoms with Crippen molar-refractivity contribution in [2.24, 2.45) is 16.9 Å². The third-order valence-corrected chi connectivity index (χ3v) is 4.18. The van der Waals surface area contributed by atoms with Crippen LogP contribution in [0.4, 0.5) is 0 Å². The number of hydrogen-bond donors (Lipinski definition) is 2. The van der Waals surface area contributed by atoms with Crippen molar-refractivity contribution in [2.45, 2.75) is 78.1 Å². The summed E-state index contributed by atoms with van der Waals surface area (Å²) in [6.07, 6.45) is 13.4. The van der Waals surface area contributed by atoms with Crippen molar-refractivity contribution in [3.05, 3.63) is 0 Å². The molecule has 104 valence electrons. The zero-order valence-electron chi connectivity index (χ0n) is 12.1. The van der Waals surface area contributed by atoms with Gasteiger partial charge in [0.15, 0.2) is 0 Å². The van der Waals surface area contributed by atoms with E-state index in [9.17, 15) is 0 Å². The number of unbranched alkanes of at least 4 members (excludes halogenated alkanes) is 7. The first kappa shape index (κ1) is 16.9. The first-order chi connectivity index (χ1) is 8.24. The molecule has 4 N–H and O–H groups in total. The van der Waals surface area contributed by atoms with Crippen molar-refractivity contribution < 1.29 is 0 Å². The maximum Gasteiger partial charge on any atom is -0.000854 e. The molecule has 0 amide bonds. The summed E-state index contributed by atoms with van der Waals surface area (Å²) in [5, 5.41) is 0. The van der Waals surface area contributed by atoms with E-state index in [1.54, 1.807) is 0 Å². The second-order valence-electron chi connectivity index (χ2n) is 5.49. The maximum absolute atomic E-state index is 5.84. The minimum atomic E-state index is 0.224. The molecule has 2 nitrogen and oxygen atoms in total. The van der Waals surface area contributed by atoms with Crippen molar-refractivity contribution in [2.75, 3.05) is 13.1 Å². The first-order valence-electron chi connectivity index (χ1n) is 7.64. The van der Waals surface area contributed by atoms with E-state index in [0.29, 0.717) is 0 Å². The molecule has 0 bridgehead atoms. The summed E-state index contributed by atoms with van der Waals surface area (Å²) < 4.78 is 0. The highest BCUT2D eigenvalue weighted by molar-refractivity contribution is 4.79. The normalized spacial score (nSPS) is 12.0. The molecule has 0 saturated carbocycles. The quantitative estimate of drug-likeness (QED) is 0.511. The summed E-state index contributed by atoms with van der Waals surface area (Å²) in [7, 11) is 0. The lowest BCUT2D eigenvalue weighted by atomic mass is 9.80. The minimum Gasteiger partial charge on any atom is -0.330 e. The van der Waals surface area contributed by atoms with Gasteiger partial charge in [0, 0.05) is 0 Å². The lowest BCUT2D eigenvalue weighted by Gasteiger charge is -2.29. The predicted octanol–water partition coefficient (Wildman–Crippen LogP) is 3.83. The van der Waals surface area contributed by atoms with Gasteiger partial charge in [-0.3, -0.25) is 0 Å². The van der Waals surface area contributed by atoms with Gasteiger partial charge in [0.05, 0.1) is 0 Å². The van der Waals surface area contributed by atoms with E-state index in [-0.39, 0.29) is 5.41 Å². The summed E-state index contributed by atoms with van der Waals surface area (Å²) in [5.41, 5.74) is 11.9. The summed E-state index contributed by atoms with van der Waals surface area (Å²) in [6, 6.07) is 0. The van der Waals surface area contributed by atoms with Crippen LogP contribution in [0.5, 0.6) is 0 Å². The van der Waals surface area contributed by atoms with Crippen molar-refractivity contribution in [1.29, 1.82) is 0 Å². The van der Waals surface area contributed by atoms with Crippen molar-refractivity contribution >= 4 is 0 Å². The Morgan fingerprint density at radius 3 is 1.59 bits per heavy atom. The van der Waals surface area contributed by atoms with Crippen LogP contribution in [0.3, 0.4) is 0 Å². The maximum atomic E-state index is 5.84. The Hall–Kier alpha value is -0.0800. The SMILES string of the molecule is CCCCCCCCCCC(CC)(CN)CN. The van der Waals surface area contributed by atoms with Crippen LogP contribution in [-0.2, 0) is 0 Å². The predicted molar refractivity (Wildman–Crippen MR) is 78.1 cm³/mol. The van der Waals surface area contributed by atoms with Crippen LogP contribution in [0.2, 0.25) is 0 Å². The van der Waals surface area contributed by atoms with E-state index in [1.807, 2.05) is 0 Å². The Kier molecular flexibility index (Phi) is 11.0. The molecule has 0 radical (unpaired) electrons. The number of nitrogens with two attached hydrogens (primary N) is 2. The Balaban J connectivity index is 3.43. The second-order valence-corrected chi connectivity index (χ2v) is 5.49. The van der Waals surface area contributed by atoms with Gasteiger partial charge in [-0.05, 0) is 31.3 Å². The topological polar surface area (TPSA) is 52.0 Å². The standard InChI is InChI=1S/C15H34N2/c1-3-5-6-7-8-9-10-11-12-15(4-2,13-16)14-17/h3-14,16-17H2,1-2H3. The molecule has 0 fully saturated rings. The molecule has 0 heterocycles. The Labute approximate surface area is 109 Å². The molecule has 0 saturated heterocycles. The van der Waals surface area contributed by atoms with E-state index in [0.717, 1.165) is 19.5 Å². The van der Waals surface area contributed by atoms with Gasteiger partial charge in [0.1, 0.15) is 0 Å². The molecule has 0 unspecified atom stereocenters. The van der Waals surface area contributed by atoms with E-state index >= 15 is 0 Å². The van der Waals surface area contributed by atoms with Gasteiger partial charge >= 0.3 is 0 Å². The molecule has 2 heteroatoms. The van der Waals surface area contributed by atoms with E-state index in [4.69, 9.17) is 11.5 Å². The molecule has 0 aliphatic heterocycles. The lowest BCUT2D eigenvalue weighted by molar-refractivity contribution is 0.261. The Bertz CT molecular complexity index is 145. The van der Waals surface area contributed by atoms with Crippen LogP contribution < -0.4 is 11.5 Å². The largest absolute Gasteiger partial charge is 0.330 e. The summed E-state index contributed by atoms with van der Waals surface area (Å²) in [5.74, 6) is 0. The highest BCUT2D eigenvalue weighted by Gasteiger charge is 2.23. The number of hydrogen-bond acceptors (Lipinski definition) is 2. The zero-order valence-corrected chi connectivity index (χ0v) is 12.1. The molecule has 0 aromatic rings. The van der Waals surface area contributed by atoms with Crippen LogP contribution in [0.1, 0.15) is 78.1 Å². The van der Waals surface area contributed by atoms with Gasteiger partial charge in [-0.1, -0.05) is 65.2 Å². The van der Waals surface area contributed by atoms with Gasteiger partial charge in [0.2, 0.25) is 0 Å². The third-order valence-electron chi connectivity index (χ3n) is 4.18. The fourth-order valence-corrected chi connectivity index (χ4v) is 2.39. The molecule has 0 aromatic carbocycles. The van der Waals surface area contributed by atoms with Crippen LogP contribution in [0.15, 0.2) is 0 Å². The van der Waals surface area contributed by atoms with E-state index in [1.165, 1.54) is 57.8 Å². The number of rotatable bonds is 12.